The third-order valence-corrected chi connectivity index (χ3v) is 1.56. The Bertz CT molecular complexity index is 272. The number of nitrogens with zero attached hydrogens (tertiary/aromatic N) is 2. The lowest BCUT2D eigenvalue weighted by molar-refractivity contribution is 0.106. The molecule has 3 nitrogen and oxygen atoms in total. The Kier molecular flexibility index (Phi) is 3.21. The van der Waals surface area contributed by atoms with Gasteiger partial charge in [0, 0.05) is 6.20 Å². The Labute approximate surface area is 72.1 Å². The molecular formula is C9H12N2O. The van der Waals surface area contributed by atoms with E-state index in [0.717, 1.165) is 12.8 Å². The van der Waals surface area contributed by atoms with Crippen LogP contribution in [-0.4, -0.2) is 11.3 Å². The number of aromatic nitrogens is 1. The van der Waals surface area contributed by atoms with Crippen LogP contribution < -0.4 is 4.84 Å². The summed E-state index contributed by atoms with van der Waals surface area (Å²) in [6, 6.07) is 5.56. The molecule has 0 N–H and O–H groups in total. The van der Waals surface area contributed by atoms with Gasteiger partial charge in [0.2, 0.25) is 0 Å². The minimum absolute atomic E-state index is 0.547. The van der Waals surface area contributed by atoms with Crippen molar-refractivity contribution in [1.29, 1.82) is 5.26 Å². The third kappa shape index (κ3) is 2.03. The highest BCUT2D eigenvalue weighted by molar-refractivity contribution is 5.20. The zero-order valence-electron chi connectivity index (χ0n) is 7.16. The smallest absolute Gasteiger partial charge is 0.156 e. The molecule has 0 saturated heterocycles. The zero-order valence-corrected chi connectivity index (χ0v) is 7.16. The van der Waals surface area contributed by atoms with Crippen LogP contribution in [0.1, 0.15) is 25.5 Å². The van der Waals surface area contributed by atoms with E-state index in [1.807, 2.05) is 6.07 Å². The van der Waals surface area contributed by atoms with Crippen LogP contribution in [0.25, 0.3) is 0 Å². The van der Waals surface area contributed by atoms with E-state index < -0.39 is 0 Å². The molecule has 0 unspecified atom stereocenters. The normalized spacial score (nSPS) is 9.33. The van der Waals surface area contributed by atoms with E-state index in [9.17, 15) is 0 Å². The highest BCUT2D eigenvalue weighted by Gasteiger charge is 1.97. The topological polar surface area (TPSA) is 38.0 Å². The summed E-state index contributed by atoms with van der Waals surface area (Å²) in [4.78, 5) is 5.30. The van der Waals surface area contributed by atoms with Crippen LogP contribution >= 0.6 is 0 Å². The van der Waals surface area contributed by atoms with Crippen molar-refractivity contribution in [3.05, 3.63) is 24.0 Å². The maximum Gasteiger partial charge on any atom is 0.156 e. The Hall–Kier alpha value is -1.43. The summed E-state index contributed by atoms with van der Waals surface area (Å²) in [6.07, 6.45) is 3.86. The minimum Gasteiger partial charge on any atom is -0.413 e. The van der Waals surface area contributed by atoms with E-state index in [1.165, 1.54) is 4.73 Å². The molecular weight excluding hydrogens is 152 g/mol. The molecule has 1 aromatic heterocycles. The van der Waals surface area contributed by atoms with Gasteiger partial charge in [-0.3, -0.25) is 0 Å². The third-order valence-electron chi connectivity index (χ3n) is 1.56. The van der Waals surface area contributed by atoms with Crippen molar-refractivity contribution in [3.63, 3.8) is 0 Å². The second kappa shape index (κ2) is 4.45. The summed E-state index contributed by atoms with van der Waals surface area (Å²) in [5, 5.41) is 8.61. The number of hydrogen-bond acceptors (Lipinski definition) is 2. The standard InChI is InChI=1S/C9H12N2O/c1-2-3-7-12-11-6-4-5-9(11)8-10/h4-6H,2-3,7H2,1H3. The summed E-state index contributed by atoms with van der Waals surface area (Å²) in [5.41, 5.74) is 0.547. The first kappa shape index (κ1) is 8.66. The number of unbranched alkanes of at least 4 members (excludes halogenated alkanes) is 1. The summed E-state index contributed by atoms with van der Waals surface area (Å²) in [7, 11) is 0. The molecule has 0 radical (unpaired) electrons. The number of hydrogen-bond donors (Lipinski definition) is 0. The van der Waals surface area contributed by atoms with Crippen molar-refractivity contribution in [3.8, 4) is 6.07 Å². The van der Waals surface area contributed by atoms with E-state index in [0.29, 0.717) is 12.3 Å². The molecule has 1 rings (SSSR count). The van der Waals surface area contributed by atoms with E-state index in [-0.39, 0.29) is 0 Å². The maximum atomic E-state index is 8.61. The fraction of sp³-hybridized carbons (Fsp3) is 0.444. The van der Waals surface area contributed by atoms with Gasteiger partial charge in [0.1, 0.15) is 12.7 Å². The van der Waals surface area contributed by atoms with Gasteiger partial charge < -0.3 is 4.84 Å². The lowest BCUT2D eigenvalue weighted by Gasteiger charge is -2.05. The van der Waals surface area contributed by atoms with E-state index in [2.05, 4.69) is 6.92 Å². The van der Waals surface area contributed by atoms with Crippen molar-refractivity contribution in [2.45, 2.75) is 19.8 Å². The predicted octanol–water partition coefficient (Wildman–Crippen LogP) is 1.59. The molecule has 0 fully saturated rings. The summed E-state index contributed by atoms with van der Waals surface area (Å²) in [6.45, 7) is 2.77. The first-order chi connectivity index (χ1) is 5.88. The van der Waals surface area contributed by atoms with Crippen molar-refractivity contribution < 1.29 is 4.84 Å². The van der Waals surface area contributed by atoms with Gasteiger partial charge in [-0.1, -0.05) is 13.3 Å². The van der Waals surface area contributed by atoms with Gasteiger partial charge in [0.25, 0.3) is 0 Å². The summed E-state index contributed by atoms with van der Waals surface area (Å²) >= 11 is 0. The monoisotopic (exact) mass is 164 g/mol. The second-order valence-electron chi connectivity index (χ2n) is 2.52. The van der Waals surface area contributed by atoms with Gasteiger partial charge in [-0.25, -0.2) is 0 Å². The Balaban J connectivity index is 2.46. The molecule has 0 aliphatic heterocycles. The van der Waals surface area contributed by atoms with Crippen molar-refractivity contribution in [1.82, 2.24) is 4.73 Å². The van der Waals surface area contributed by atoms with Crippen LogP contribution in [0.5, 0.6) is 0 Å². The molecule has 0 saturated carbocycles. The van der Waals surface area contributed by atoms with Crippen molar-refractivity contribution >= 4 is 0 Å². The average molecular weight is 164 g/mol. The summed E-state index contributed by atoms with van der Waals surface area (Å²) in [5.74, 6) is 0. The van der Waals surface area contributed by atoms with Gasteiger partial charge in [-0.15, -0.1) is 0 Å². The molecule has 0 aliphatic carbocycles. The SMILES string of the molecule is CCCCOn1cccc1C#N. The van der Waals surface area contributed by atoms with Gasteiger partial charge >= 0.3 is 0 Å². The van der Waals surface area contributed by atoms with Crippen LogP contribution in [0.15, 0.2) is 18.3 Å². The largest absolute Gasteiger partial charge is 0.413 e. The van der Waals surface area contributed by atoms with Crippen LogP contribution in [0.4, 0.5) is 0 Å². The van der Waals surface area contributed by atoms with Crippen LogP contribution in [0.3, 0.4) is 0 Å². The highest BCUT2D eigenvalue weighted by atomic mass is 16.7. The molecule has 0 aromatic carbocycles. The average Bonchev–Trinajstić information content (AvgIpc) is 2.52. The van der Waals surface area contributed by atoms with Gasteiger partial charge in [0.15, 0.2) is 5.69 Å². The van der Waals surface area contributed by atoms with Gasteiger partial charge in [0.05, 0.1) is 0 Å². The fourth-order valence-corrected chi connectivity index (χ4v) is 0.872. The van der Waals surface area contributed by atoms with Gasteiger partial charge in [-0.2, -0.15) is 9.99 Å². The number of rotatable bonds is 4. The predicted molar refractivity (Wildman–Crippen MR) is 45.5 cm³/mol. The van der Waals surface area contributed by atoms with E-state index in [1.54, 1.807) is 18.3 Å². The van der Waals surface area contributed by atoms with Crippen LogP contribution in [0, 0.1) is 11.3 Å². The quantitative estimate of drug-likeness (QED) is 0.634. The molecule has 0 bridgehead atoms. The molecule has 12 heavy (non-hydrogen) atoms. The summed E-state index contributed by atoms with van der Waals surface area (Å²) < 4.78 is 1.51. The van der Waals surface area contributed by atoms with E-state index >= 15 is 0 Å². The Morgan fingerprint density at radius 2 is 2.50 bits per heavy atom. The Morgan fingerprint density at radius 1 is 1.67 bits per heavy atom. The van der Waals surface area contributed by atoms with Crippen molar-refractivity contribution in [2.24, 2.45) is 0 Å². The molecule has 0 amide bonds. The van der Waals surface area contributed by atoms with Crippen LogP contribution in [0.2, 0.25) is 0 Å². The van der Waals surface area contributed by atoms with Gasteiger partial charge in [-0.05, 0) is 18.6 Å². The number of nitriles is 1. The molecule has 0 spiro atoms. The molecule has 1 aromatic rings. The Morgan fingerprint density at radius 3 is 3.17 bits per heavy atom. The maximum absolute atomic E-state index is 8.61. The first-order valence-corrected chi connectivity index (χ1v) is 4.09. The zero-order chi connectivity index (χ0) is 8.81. The first-order valence-electron chi connectivity index (χ1n) is 4.09. The van der Waals surface area contributed by atoms with Crippen molar-refractivity contribution in [2.75, 3.05) is 6.61 Å². The highest BCUT2D eigenvalue weighted by Crippen LogP contribution is 1.97. The van der Waals surface area contributed by atoms with E-state index in [4.69, 9.17) is 10.1 Å². The fourth-order valence-electron chi connectivity index (χ4n) is 0.872. The lowest BCUT2D eigenvalue weighted by Crippen LogP contribution is -2.12. The molecule has 0 aliphatic rings. The molecule has 0 atom stereocenters. The lowest BCUT2D eigenvalue weighted by atomic mass is 10.4. The van der Waals surface area contributed by atoms with Crippen LogP contribution in [-0.2, 0) is 0 Å². The second-order valence-corrected chi connectivity index (χ2v) is 2.52. The molecule has 3 heteroatoms. The molecule has 64 valence electrons. The minimum atomic E-state index is 0.547. The molecule has 1 heterocycles.